The molecule has 2 rings (SSSR count). The Morgan fingerprint density at radius 3 is 1.90 bits per heavy atom. The standard InChI is InChI=1S/C23H27N3O5/c1-15(28)25(3)13-16-5-7-17(8-6-16)18-9-11-19(12-10-18)23(31)26(4)21(20(29)14-27)22(30)24-2/h5-12,21,27H,13-14H2,1-4H3,(H,24,30). The minimum absolute atomic E-state index is 0.00588. The van der Waals surface area contributed by atoms with Crippen molar-refractivity contribution in [3.05, 3.63) is 59.7 Å². The van der Waals surface area contributed by atoms with Gasteiger partial charge in [-0.05, 0) is 28.8 Å². The molecule has 1 atom stereocenters. The van der Waals surface area contributed by atoms with Crippen LogP contribution in [-0.4, -0.2) is 72.2 Å². The van der Waals surface area contributed by atoms with Crippen LogP contribution in [0.2, 0.25) is 0 Å². The number of aliphatic hydroxyl groups is 1. The van der Waals surface area contributed by atoms with Crippen molar-refractivity contribution in [2.45, 2.75) is 19.5 Å². The van der Waals surface area contributed by atoms with Gasteiger partial charge in [0, 0.05) is 40.2 Å². The molecule has 0 radical (unpaired) electrons. The SMILES string of the molecule is CNC(=O)C(C(=O)CO)N(C)C(=O)c1ccc(-c2ccc(CN(C)C(C)=O)cc2)cc1. The minimum Gasteiger partial charge on any atom is -0.388 e. The van der Waals surface area contributed by atoms with Gasteiger partial charge in [0.1, 0.15) is 6.61 Å². The Balaban J connectivity index is 2.17. The number of nitrogens with one attached hydrogen (secondary N) is 1. The van der Waals surface area contributed by atoms with Crippen LogP contribution in [-0.2, 0) is 20.9 Å². The van der Waals surface area contributed by atoms with Crippen molar-refractivity contribution < 1.29 is 24.3 Å². The first-order valence-corrected chi connectivity index (χ1v) is 9.73. The van der Waals surface area contributed by atoms with Crippen LogP contribution in [0.3, 0.4) is 0 Å². The van der Waals surface area contributed by atoms with Crippen molar-refractivity contribution in [3.63, 3.8) is 0 Å². The molecular weight excluding hydrogens is 398 g/mol. The zero-order valence-electron chi connectivity index (χ0n) is 18.1. The average molecular weight is 425 g/mol. The Morgan fingerprint density at radius 1 is 0.935 bits per heavy atom. The van der Waals surface area contributed by atoms with E-state index < -0.39 is 30.2 Å². The quantitative estimate of drug-likeness (QED) is 0.616. The molecule has 2 aromatic rings. The number of likely N-dealkylation sites (N-methyl/N-ethyl adjacent to an activating group) is 2. The molecule has 0 aliphatic carbocycles. The van der Waals surface area contributed by atoms with Crippen LogP contribution in [0.25, 0.3) is 11.1 Å². The van der Waals surface area contributed by atoms with Gasteiger partial charge < -0.3 is 20.2 Å². The Hall–Kier alpha value is -3.52. The van der Waals surface area contributed by atoms with Crippen LogP contribution in [0.15, 0.2) is 48.5 Å². The molecule has 0 heterocycles. The van der Waals surface area contributed by atoms with Gasteiger partial charge in [-0.3, -0.25) is 19.2 Å². The maximum Gasteiger partial charge on any atom is 0.254 e. The van der Waals surface area contributed by atoms with Gasteiger partial charge in [-0.1, -0.05) is 36.4 Å². The van der Waals surface area contributed by atoms with E-state index in [1.54, 1.807) is 36.2 Å². The molecule has 8 nitrogen and oxygen atoms in total. The molecule has 2 aromatic carbocycles. The third kappa shape index (κ3) is 5.76. The molecule has 164 valence electrons. The Kier molecular flexibility index (Phi) is 8.04. The molecule has 0 spiro atoms. The zero-order chi connectivity index (χ0) is 23.1. The maximum atomic E-state index is 12.8. The number of amides is 3. The van der Waals surface area contributed by atoms with Gasteiger partial charge in [-0.2, -0.15) is 0 Å². The number of nitrogens with zero attached hydrogens (tertiary/aromatic N) is 2. The van der Waals surface area contributed by atoms with E-state index in [1.165, 1.54) is 21.0 Å². The Morgan fingerprint density at radius 2 is 1.45 bits per heavy atom. The topological polar surface area (TPSA) is 107 Å². The molecule has 0 aromatic heterocycles. The van der Waals surface area contributed by atoms with Gasteiger partial charge in [0.2, 0.25) is 11.8 Å². The smallest absolute Gasteiger partial charge is 0.254 e. The van der Waals surface area contributed by atoms with E-state index >= 15 is 0 Å². The van der Waals surface area contributed by atoms with Crippen molar-refractivity contribution in [2.24, 2.45) is 0 Å². The number of hydrogen-bond acceptors (Lipinski definition) is 5. The summed E-state index contributed by atoms with van der Waals surface area (Å²) in [5.41, 5.74) is 3.15. The lowest BCUT2D eigenvalue weighted by atomic mass is 10.0. The fourth-order valence-electron chi connectivity index (χ4n) is 3.08. The summed E-state index contributed by atoms with van der Waals surface area (Å²) in [4.78, 5) is 50.7. The van der Waals surface area contributed by atoms with Crippen LogP contribution in [0.5, 0.6) is 0 Å². The minimum atomic E-state index is -1.40. The van der Waals surface area contributed by atoms with Crippen molar-refractivity contribution in [2.75, 3.05) is 27.7 Å². The van der Waals surface area contributed by atoms with Crippen molar-refractivity contribution in [1.29, 1.82) is 0 Å². The molecule has 0 bridgehead atoms. The van der Waals surface area contributed by atoms with E-state index in [-0.39, 0.29) is 5.91 Å². The lowest BCUT2D eigenvalue weighted by molar-refractivity contribution is -0.135. The van der Waals surface area contributed by atoms with Gasteiger partial charge in [-0.15, -0.1) is 0 Å². The number of aliphatic hydroxyl groups excluding tert-OH is 1. The predicted octanol–water partition coefficient (Wildman–Crippen LogP) is 1.08. The molecule has 0 aliphatic heterocycles. The van der Waals surface area contributed by atoms with E-state index in [2.05, 4.69) is 5.32 Å². The predicted molar refractivity (Wildman–Crippen MR) is 116 cm³/mol. The molecule has 31 heavy (non-hydrogen) atoms. The van der Waals surface area contributed by atoms with E-state index in [1.807, 2.05) is 24.3 Å². The Labute approximate surface area is 181 Å². The average Bonchev–Trinajstić information content (AvgIpc) is 2.78. The van der Waals surface area contributed by atoms with Crippen LogP contribution >= 0.6 is 0 Å². The normalized spacial score (nSPS) is 11.4. The molecule has 0 fully saturated rings. The number of Topliss-reactive ketones (excluding diaryl/α,β-unsaturated/α-hetero) is 1. The lowest BCUT2D eigenvalue weighted by Crippen LogP contribution is -2.52. The van der Waals surface area contributed by atoms with Gasteiger partial charge in [0.25, 0.3) is 5.91 Å². The monoisotopic (exact) mass is 425 g/mol. The molecule has 1 unspecified atom stereocenters. The second-order valence-corrected chi connectivity index (χ2v) is 7.21. The fourth-order valence-corrected chi connectivity index (χ4v) is 3.08. The fraction of sp³-hybridized carbons (Fsp3) is 0.304. The molecule has 0 saturated heterocycles. The van der Waals surface area contributed by atoms with Crippen molar-refractivity contribution >= 4 is 23.5 Å². The summed E-state index contributed by atoms with van der Waals surface area (Å²) in [6.07, 6.45) is 0. The summed E-state index contributed by atoms with van der Waals surface area (Å²) >= 11 is 0. The third-order valence-corrected chi connectivity index (χ3v) is 5.04. The summed E-state index contributed by atoms with van der Waals surface area (Å²) in [5.74, 6) is -1.94. The number of ketones is 1. The highest BCUT2D eigenvalue weighted by Crippen LogP contribution is 2.21. The van der Waals surface area contributed by atoms with E-state index in [0.717, 1.165) is 21.6 Å². The van der Waals surface area contributed by atoms with Crippen LogP contribution in [0.4, 0.5) is 0 Å². The number of carbonyl (C=O) groups is 4. The molecule has 2 N–H and O–H groups in total. The first-order valence-electron chi connectivity index (χ1n) is 9.73. The molecule has 8 heteroatoms. The summed E-state index contributed by atoms with van der Waals surface area (Å²) < 4.78 is 0. The number of hydrogen-bond donors (Lipinski definition) is 2. The lowest BCUT2D eigenvalue weighted by Gasteiger charge is -2.25. The number of rotatable bonds is 8. The summed E-state index contributed by atoms with van der Waals surface area (Å²) in [7, 11) is 4.45. The first kappa shape index (κ1) is 23.8. The van der Waals surface area contributed by atoms with Crippen molar-refractivity contribution in [3.8, 4) is 11.1 Å². The third-order valence-electron chi connectivity index (χ3n) is 5.04. The summed E-state index contributed by atoms with van der Waals surface area (Å²) in [6.45, 7) is 1.20. The van der Waals surface area contributed by atoms with Crippen molar-refractivity contribution in [1.82, 2.24) is 15.1 Å². The maximum absolute atomic E-state index is 12.8. The molecule has 0 aliphatic rings. The van der Waals surface area contributed by atoms with Crippen LogP contribution in [0, 0.1) is 0 Å². The summed E-state index contributed by atoms with van der Waals surface area (Å²) in [6, 6.07) is 13.2. The second-order valence-electron chi connectivity index (χ2n) is 7.21. The zero-order valence-corrected chi connectivity index (χ0v) is 18.1. The highest BCUT2D eigenvalue weighted by atomic mass is 16.3. The van der Waals surface area contributed by atoms with Crippen LogP contribution in [0.1, 0.15) is 22.8 Å². The van der Waals surface area contributed by atoms with Gasteiger partial charge in [0.15, 0.2) is 11.8 Å². The molecular formula is C23H27N3O5. The van der Waals surface area contributed by atoms with Gasteiger partial charge >= 0.3 is 0 Å². The molecule has 0 saturated carbocycles. The second kappa shape index (κ2) is 10.5. The van der Waals surface area contributed by atoms with E-state index in [4.69, 9.17) is 5.11 Å². The van der Waals surface area contributed by atoms with E-state index in [9.17, 15) is 19.2 Å². The van der Waals surface area contributed by atoms with Crippen LogP contribution < -0.4 is 5.32 Å². The van der Waals surface area contributed by atoms with Gasteiger partial charge in [-0.25, -0.2) is 0 Å². The largest absolute Gasteiger partial charge is 0.388 e. The van der Waals surface area contributed by atoms with Gasteiger partial charge in [0.05, 0.1) is 0 Å². The number of carbonyl (C=O) groups excluding carboxylic acids is 4. The Bertz CT molecular complexity index is 938. The summed E-state index contributed by atoms with van der Waals surface area (Å²) in [5, 5.41) is 11.5. The number of benzene rings is 2. The highest BCUT2D eigenvalue weighted by molar-refractivity contribution is 6.10. The highest BCUT2D eigenvalue weighted by Gasteiger charge is 2.32. The van der Waals surface area contributed by atoms with E-state index in [0.29, 0.717) is 12.1 Å². The first-order chi connectivity index (χ1) is 14.7. The molecule has 3 amide bonds.